The topological polar surface area (TPSA) is 87.7 Å². The van der Waals surface area contributed by atoms with Crippen LogP contribution in [-0.2, 0) is 10.2 Å². The molecule has 1 aromatic carbocycles. The van der Waals surface area contributed by atoms with Crippen molar-refractivity contribution in [2.45, 2.75) is 26.3 Å². The van der Waals surface area contributed by atoms with Crippen LogP contribution in [-0.4, -0.2) is 26.2 Å². The summed E-state index contributed by atoms with van der Waals surface area (Å²) in [5.74, 6) is 0.274. The van der Waals surface area contributed by atoms with Crippen LogP contribution in [0.2, 0.25) is 0 Å². The first kappa shape index (κ1) is 14.6. The summed E-state index contributed by atoms with van der Waals surface area (Å²) in [4.78, 5) is 0. The molecule has 0 radical (unpaired) electrons. The Kier molecular flexibility index (Phi) is 4.08. The van der Waals surface area contributed by atoms with E-state index in [2.05, 4.69) is 9.44 Å². The Labute approximate surface area is 107 Å². The molecule has 0 aliphatic carbocycles. The van der Waals surface area contributed by atoms with E-state index in [1.807, 2.05) is 0 Å². The van der Waals surface area contributed by atoms with Crippen LogP contribution in [0.5, 0.6) is 11.5 Å². The minimum Gasteiger partial charge on any atom is -0.506 e. The third-order valence-electron chi connectivity index (χ3n) is 1.89. The van der Waals surface area contributed by atoms with Crippen molar-refractivity contribution in [2.24, 2.45) is 0 Å². The summed E-state index contributed by atoms with van der Waals surface area (Å²) in [5.41, 5.74) is -0.550. The normalized spacial score (nSPS) is 12.2. The van der Waals surface area contributed by atoms with E-state index >= 15 is 0 Å². The second kappa shape index (κ2) is 5.03. The van der Waals surface area contributed by atoms with Gasteiger partial charge in [0.15, 0.2) is 0 Å². The van der Waals surface area contributed by atoms with Gasteiger partial charge in [0.2, 0.25) is 0 Å². The van der Waals surface area contributed by atoms with E-state index in [4.69, 9.17) is 4.74 Å². The fourth-order valence-electron chi connectivity index (χ4n) is 1.30. The largest absolute Gasteiger partial charge is 0.506 e. The highest BCUT2D eigenvalue weighted by atomic mass is 32.2. The highest BCUT2D eigenvalue weighted by Gasteiger charge is 2.20. The number of rotatable bonds is 4. The first-order valence-electron chi connectivity index (χ1n) is 5.32. The summed E-state index contributed by atoms with van der Waals surface area (Å²) in [5, 5.41) is 9.58. The van der Waals surface area contributed by atoms with E-state index in [1.165, 1.54) is 25.3 Å². The van der Waals surface area contributed by atoms with Crippen LogP contribution in [0, 0.1) is 0 Å². The average molecular weight is 274 g/mol. The lowest BCUT2D eigenvalue weighted by Crippen LogP contribution is -2.43. The summed E-state index contributed by atoms with van der Waals surface area (Å²) in [7, 11) is -2.30. The lowest BCUT2D eigenvalue weighted by atomic mass is 10.1. The van der Waals surface area contributed by atoms with Crippen molar-refractivity contribution in [3.63, 3.8) is 0 Å². The molecule has 6 nitrogen and oxygen atoms in total. The minimum absolute atomic E-state index is 0.0612. The van der Waals surface area contributed by atoms with Crippen LogP contribution in [0.3, 0.4) is 0 Å². The third-order valence-corrected chi connectivity index (χ3v) is 3.26. The van der Waals surface area contributed by atoms with Gasteiger partial charge in [-0.25, -0.2) is 0 Å². The molecule has 0 fully saturated rings. The maximum atomic E-state index is 11.8. The summed E-state index contributed by atoms with van der Waals surface area (Å²) < 4.78 is 33.2. The molecule has 102 valence electrons. The van der Waals surface area contributed by atoms with Crippen molar-refractivity contribution < 1.29 is 18.3 Å². The quantitative estimate of drug-likeness (QED) is 0.725. The van der Waals surface area contributed by atoms with Gasteiger partial charge in [0, 0.05) is 11.6 Å². The molecule has 0 aromatic heterocycles. The SMILES string of the molecule is COc1ccc(O)c(NS(=O)(=O)NC(C)(C)C)c1. The van der Waals surface area contributed by atoms with Crippen LogP contribution >= 0.6 is 0 Å². The molecule has 1 aromatic rings. The smallest absolute Gasteiger partial charge is 0.299 e. The van der Waals surface area contributed by atoms with Crippen molar-refractivity contribution in [3.05, 3.63) is 18.2 Å². The second-order valence-electron chi connectivity index (χ2n) is 4.84. The van der Waals surface area contributed by atoms with Crippen molar-refractivity contribution in [3.8, 4) is 11.5 Å². The van der Waals surface area contributed by atoms with E-state index < -0.39 is 15.7 Å². The Morgan fingerprint density at radius 2 is 1.89 bits per heavy atom. The van der Waals surface area contributed by atoms with E-state index in [1.54, 1.807) is 20.8 Å². The highest BCUT2D eigenvalue weighted by molar-refractivity contribution is 7.90. The van der Waals surface area contributed by atoms with Crippen molar-refractivity contribution in [2.75, 3.05) is 11.8 Å². The lowest BCUT2D eigenvalue weighted by Gasteiger charge is -2.21. The lowest BCUT2D eigenvalue weighted by molar-refractivity contribution is 0.413. The number of ether oxygens (including phenoxy) is 1. The Hall–Kier alpha value is -1.47. The van der Waals surface area contributed by atoms with E-state index in [0.29, 0.717) is 5.75 Å². The van der Waals surface area contributed by atoms with Gasteiger partial charge >= 0.3 is 0 Å². The number of phenolic OH excluding ortho intramolecular Hbond substituents is 1. The van der Waals surface area contributed by atoms with Gasteiger partial charge < -0.3 is 9.84 Å². The van der Waals surface area contributed by atoms with Crippen LogP contribution in [0.25, 0.3) is 0 Å². The molecule has 7 heteroatoms. The first-order valence-corrected chi connectivity index (χ1v) is 6.80. The predicted octanol–water partition coefficient (Wildman–Crippen LogP) is 1.45. The van der Waals surface area contributed by atoms with Crippen LogP contribution in [0.1, 0.15) is 20.8 Å². The standard InChI is InChI=1S/C11H18N2O4S/c1-11(2,3)13-18(15,16)12-9-7-8(17-4)5-6-10(9)14/h5-7,12-14H,1-4H3. The number of benzene rings is 1. The molecule has 0 saturated heterocycles. The molecule has 0 bridgehead atoms. The highest BCUT2D eigenvalue weighted by Crippen LogP contribution is 2.28. The molecular weight excluding hydrogens is 256 g/mol. The summed E-state index contributed by atoms with van der Waals surface area (Å²) in [6, 6.07) is 4.29. The van der Waals surface area contributed by atoms with Gasteiger partial charge in [0.05, 0.1) is 12.8 Å². The van der Waals surface area contributed by atoms with Gasteiger partial charge in [-0.1, -0.05) is 0 Å². The second-order valence-corrected chi connectivity index (χ2v) is 6.26. The Balaban J connectivity index is 2.97. The van der Waals surface area contributed by atoms with Gasteiger partial charge in [-0.2, -0.15) is 13.1 Å². The van der Waals surface area contributed by atoms with Gasteiger partial charge in [0.25, 0.3) is 10.2 Å². The predicted molar refractivity (Wildman–Crippen MR) is 70.1 cm³/mol. The number of nitrogens with one attached hydrogen (secondary N) is 2. The fraction of sp³-hybridized carbons (Fsp3) is 0.455. The molecule has 1 rings (SSSR count). The van der Waals surface area contributed by atoms with Crippen LogP contribution in [0.4, 0.5) is 5.69 Å². The van der Waals surface area contributed by atoms with E-state index in [9.17, 15) is 13.5 Å². The zero-order chi connectivity index (χ0) is 14.0. The minimum atomic E-state index is -3.76. The Morgan fingerprint density at radius 3 is 2.39 bits per heavy atom. The molecule has 18 heavy (non-hydrogen) atoms. The zero-order valence-corrected chi connectivity index (χ0v) is 11.6. The number of anilines is 1. The van der Waals surface area contributed by atoms with E-state index in [0.717, 1.165) is 0 Å². The maximum absolute atomic E-state index is 11.8. The van der Waals surface area contributed by atoms with Crippen LogP contribution < -0.4 is 14.2 Å². The molecule has 0 aliphatic heterocycles. The average Bonchev–Trinajstić information content (AvgIpc) is 2.17. The fourth-order valence-corrected chi connectivity index (χ4v) is 2.61. The molecule has 0 saturated carbocycles. The monoisotopic (exact) mass is 274 g/mol. The molecule has 0 unspecified atom stereocenters. The molecule has 0 spiro atoms. The molecule has 0 heterocycles. The van der Waals surface area contributed by atoms with Gasteiger partial charge in [0.1, 0.15) is 11.5 Å². The van der Waals surface area contributed by atoms with Gasteiger partial charge in [-0.05, 0) is 32.9 Å². The number of methoxy groups -OCH3 is 1. The van der Waals surface area contributed by atoms with Gasteiger partial charge in [-0.3, -0.25) is 4.72 Å². The molecule has 0 amide bonds. The third kappa shape index (κ3) is 4.42. The van der Waals surface area contributed by atoms with Crippen molar-refractivity contribution >= 4 is 15.9 Å². The summed E-state index contributed by atoms with van der Waals surface area (Å²) >= 11 is 0. The van der Waals surface area contributed by atoms with E-state index in [-0.39, 0.29) is 11.4 Å². The molecule has 3 N–H and O–H groups in total. The van der Waals surface area contributed by atoms with Gasteiger partial charge in [-0.15, -0.1) is 0 Å². The molecule has 0 atom stereocenters. The first-order chi connectivity index (χ1) is 8.13. The maximum Gasteiger partial charge on any atom is 0.299 e. The molecule has 0 aliphatic rings. The zero-order valence-electron chi connectivity index (χ0n) is 10.8. The van der Waals surface area contributed by atoms with Crippen molar-refractivity contribution in [1.29, 1.82) is 0 Å². The molecular formula is C11H18N2O4S. The summed E-state index contributed by atoms with van der Waals surface area (Å²) in [6.45, 7) is 5.16. The Morgan fingerprint density at radius 1 is 1.28 bits per heavy atom. The number of hydrogen-bond acceptors (Lipinski definition) is 4. The van der Waals surface area contributed by atoms with Crippen molar-refractivity contribution in [1.82, 2.24) is 4.72 Å². The van der Waals surface area contributed by atoms with Crippen LogP contribution in [0.15, 0.2) is 18.2 Å². The number of aromatic hydroxyl groups is 1. The summed E-state index contributed by atoms with van der Waals surface area (Å²) in [6.07, 6.45) is 0. The number of hydrogen-bond donors (Lipinski definition) is 3. The number of phenols is 1. The Bertz CT molecular complexity index is 520.